The molecule has 0 saturated heterocycles. The number of thioether (sulfide) groups is 1. The molecular weight excluding hydrogens is 386 g/mol. The topological polar surface area (TPSA) is 81.2 Å². The molecule has 3 rings (SSSR count). The zero-order valence-corrected chi connectivity index (χ0v) is 16.8. The standard InChI is InChI=1S/C22H21N3O3S/c1-2-12-28-22(27)17-8-10-18(11-9-17)25-20(26)14-29-21-13-19(23-15-24-21)16-6-4-3-5-7-16/h3-11,13,15H,2,12,14H2,1H3,(H,25,26). The van der Waals surface area contributed by atoms with Crippen LogP contribution in [0.5, 0.6) is 0 Å². The molecule has 1 amide bonds. The number of hydrogen-bond acceptors (Lipinski definition) is 6. The number of rotatable bonds is 8. The number of carbonyl (C=O) groups excluding carboxylic acids is 2. The Morgan fingerprint density at radius 3 is 2.52 bits per heavy atom. The smallest absolute Gasteiger partial charge is 0.338 e. The van der Waals surface area contributed by atoms with Gasteiger partial charge in [0.25, 0.3) is 0 Å². The van der Waals surface area contributed by atoms with Crippen LogP contribution in [-0.2, 0) is 9.53 Å². The van der Waals surface area contributed by atoms with Crippen molar-refractivity contribution in [2.45, 2.75) is 18.4 Å². The van der Waals surface area contributed by atoms with Gasteiger partial charge in [0, 0.05) is 11.3 Å². The quantitative estimate of drug-likeness (QED) is 0.338. The van der Waals surface area contributed by atoms with Gasteiger partial charge in [0.1, 0.15) is 11.4 Å². The number of ether oxygens (including phenoxy) is 1. The number of carbonyl (C=O) groups is 2. The Kier molecular flexibility index (Phi) is 7.35. The van der Waals surface area contributed by atoms with Gasteiger partial charge in [0.05, 0.1) is 23.6 Å². The predicted molar refractivity (Wildman–Crippen MR) is 114 cm³/mol. The van der Waals surface area contributed by atoms with Gasteiger partial charge < -0.3 is 10.1 Å². The van der Waals surface area contributed by atoms with Crippen LogP contribution in [0, 0.1) is 0 Å². The van der Waals surface area contributed by atoms with Crippen LogP contribution in [0.3, 0.4) is 0 Å². The molecule has 0 bridgehead atoms. The van der Waals surface area contributed by atoms with Crippen LogP contribution >= 0.6 is 11.8 Å². The molecule has 1 N–H and O–H groups in total. The monoisotopic (exact) mass is 407 g/mol. The van der Waals surface area contributed by atoms with E-state index in [-0.39, 0.29) is 17.6 Å². The van der Waals surface area contributed by atoms with E-state index in [4.69, 9.17) is 4.74 Å². The minimum atomic E-state index is -0.363. The Morgan fingerprint density at radius 1 is 1.03 bits per heavy atom. The van der Waals surface area contributed by atoms with Gasteiger partial charge in [-0.05, 0) is 36.8 Å². The van der Waals surface area contributed by atoms with E-state index in [1.165, 1.54) is 18.1 Å². The molecule has 3 aromatic rings. The van der Waals surface area contributed by atoms with Gasteiger partial charge in [-0.3, -0.25) is 4.79 Å². The number of nitrogens with zero attached hydrogens (tertiary/aromatic N) is 2. The maximum absolute atomic E-state index is 12.2. The fourth-order valence-corrected chi connectivity index (χ4v) is 3.16. The van der Waals surface area contributed by atoms with Gasteiger partial charge in [-0.15, -0.1) is 0 Å². The molecule has 0 saturated carbocycles. The van der Waals surface area contributed by atoms with Crippen LogP contribution in [0.2, 0.25) is 0 Å². The molecule has 0 spiro atoms. The summed E-state index contributed by atoms with van der Waals surface area (Å²) in [5.41, 5.74) is 2.89. The summed E-state index contributed by atoms with van der Waals surface area (Å²) < 4.78 is 5.09. The highest BCUT2D eigenvalue weighted by Crippen LogP contribution is 2.22. The highest BCUT2D eigenvalue weighted by molar-refractivity contribution is 7.99. The molecule has 0 aliphatic rings. The minimum absolute atomic E-state index is 0.156. The largest absolute Gasteiger partial charge is 0.462 e. The molecule has 148 valence electrons. The molecule has 2 aromatic carbocycles. The van der Waals surface area contributed by atoms with Crippen molar-refractivity contribution >= 4 is 29.3 Å². The molecule has 0 radical (unpaired) electrons. The highest BCUT2D eigenvalue weighted by atomic mass is 32.2. The van der Waals surface area contributed by atoms with Crippen molar-refractivity contribution in [2.24, 2.45) is 0 Å². The maximum Gasteiger partial charge on any atom is 0.338 e. The van der Waals surface area contributed by atoms with Gasteiger partial charge in [-0.25, -0.2) is 14.8 Å². The highest BCUT2D eigenvalue weighted by Gasteiger charge is 2.09. The number of nitrogens with one attached hydrogen (secondary N) is 1. The lowest BCUT2D eigenvalue weighted by Gasteiger charge is -2.07. The van der Waals surface area contributed by atoms with E-state index < -0.39 is 0 Å². The molecule has 6 nitrogen and oxygen atoms in total. The second-order valence-electron chi connectivity index (χ2n) is 6.16. The van der Waals surface area contributed by atoms with E-state index in [0.29, 0.717) is 17.9 Å². The number of aromatic nitrogens is 2. The summed E-state index contributed by atoms with van der Waals surface area (Å²) in [5, 5.41) is 3.54. The van der Waals surface area contributed by atoms with Crippen molar-refractivity contribution in [3.63, 3.8) is 0 Å². The summed E-state index contributed by atoms with van der Waals surface area (Å²) in [7, 11) is 0. The first-order chi connectivity index (χ1) is 14.2. The van der Waals surface area contributed by atoms with E-state index in [1.807, 2.05) is 43.3 Å². The number of esters is 1. The van der Waals surface area contributed by atoms with Crippen molar-refractivity contribution in [3.05, 3.63) is 72.6 Å². The lowest BCUT2D eigenvalue weighted by Crippen LogP contribution is -2.14. The summed E-state index contributed by atoms with van der Waals surface area (Å²) in [4.78, 5) is 32.5. The third-order valence-corrected chi connectivity index (χ3v) is 4.83. The molecule has 0 unspecified atom stereocenters. The first-order valence-corrected chi connectivity index (χ1v) is 10.2. The average molecular weight is 407 g/mol. The van der Waals surface area contributed by atoms with E-state index in [1.54, 1.807) is 24.3 Å². The van der Waals surface area contributed by atoms with Gasteiger partial charge >= 0.3 is 5.97 Å². The summed E-state index contributed by atoms with van der Waals surface area (Å²) in [5.74, 6) is -0.305. The minimum Gasteiger partial charge on any atom is -0.462 e. The number of amides is 1. The van der Waals surface area contributed by atoms with E-state index >= 15 is 0 Å². The Bertz CT molecular complexity index is 963. The van der Waals surface area contributed by atoms with Gasteiger partial charge in [0.15, 0.2) is 0 Å². The third-order valence-electron chi connectivity index (χ3n) is 3.90. The molecule has 0 aliphatic heterocycles. The first-order valence-electron chi connectivity index (χ1n) is 9.23. The van der Waals surface area contributed by atoms with E-state index in [9.17, 15) is 9.59 Å². The normalized spacial score (nSPS) is 10.4. The van der Waals surface area contributed by atoms with Crippen molar-refractivity contribution in [2.75, 3.05) is 17.7 Å². The van der Waals surface area contributed by atoms with Crippen LogP contribution < -0.4 is 5.32 Å². The Morgan fingerprint density at radius 2 is 1.79 bits per heavy atom. The first kappa shape index (κ1) is 20.5. The zero-order valence-electron chi connectivity index (χ0n) is 16.0. The van der Waals surface area contributed by atoms with Gasteiger partial charge in [0.2, 0.25) is 5.91 Å². The van der Waals surface area contributed by atoms with Crippen molar-refractivity contribution < 1.29 is 14.3 Å². The second-order valence-corrected chi connectivity index (χ2v) is 7.15. The molecular formula is C22H21N3O3S. The summed E-state index contributed by atoms with van der Waals surface area (Å²) in [6, 6.07) is 18.3. The van der Waals surface area contributed by atoms with Crippen LogP contribution in [0.1, 0.15) is 23.7 Å². The van der Waals surface area contributed by atoms with Gasteiger partial charge in [-0.2, -0.15) is 0 Å². The fraction of sp³-hybridized carbons (Fsp3) is 0.182. The summed E-state index contributed by atoms with van der Waals surface area (Å²) >= 11 is 1.34. The SMILES string of the molecule is CCCOC(=O)c1ccc(NC(=O)CSc2cc(-c3ccccc3)ncn2)cc1. The fourth-order valence-electron chi connectivity index (χ4n) is 2.49. The molecule has 1 aromatic heterocycles. The zero-order chi connectivity index (χ0) is 20.5. The molecule has 0 fully saturated rings. The lowest BCUT2D eigenvalue weighted by atomic mass is 10.1. The van der Waals surface area contributed by atoms with E-state index in [2.05, 4.69) is 15.3 Å². The van der Waals surface area contributed by atoms with E-state index in [0.717, 1.165) is 22.7 Å². The number of hydrogen-bond donors (Lipinski definition) is 1. The predicted octanol–water partition coefficient (Wildman–Crippen LogP) is 4.44. The molecule has 7 heteroatoms. The molecule has 0 atom stereocenters. The van der Waals surface area contributed by atoms with Crippen LogP contribution in [0.4, 0.5) is 5.69 Å². The summed E-state index contributed by atoms with van der Waals surface area (Å²) in [6.45, 7) is 2.33. The summed E-state index contributed by atoms with van der Waals surface area (Å²) in [6.07, 6.45) is 2.27. The van der Waals surface area contributed by atoms with Crippen LogP contribution in [-0.4, -0.2) is 34.2 Å². The number of benzene rings is 2. The third kappa shape index (κ3) is 6.15. The second kappa shape index (κ2) is 10.4. The van der Waals surface area contributed by atoms with Crippen LogP contribution in [0.25, 0.3) is 11.3 Å². The van der Waals surface area contributed by atoms with Crippen LogP contribution in [0.15, 0.2) is 72.0 Å². The lowest BCUT2D eigenvalue weighted by molar-refractivity contribution is -0.113. The van der Waals surface area contributed by atoms with Crippen molar-refractivity contribution in [1.29, 1.82) is 0 Å². The molecule has 1 heterocycles. The van der Waals surface area contributed by atoms with Crippen molar-refractivity contribution in [3.8, 4) is 11.3 Å². The van der Waals surface area contributed by atoms with Crippen molar-refractivity contribution in [1.82, 2.24) is 9.97 Å². The van der Waals surface area contributed by atoms with Gasteiger partial charge in [-0.1, -0.05) is 49.0 Å². The Balaban J connectivity index is 1.53. The number of anilines is 1. The Hall–Kier alpha value is -3.19. The Labute approximate surface area is 173 Å². The maximum atomic E-state index is 12.2. The molecule has 0 aliphatic carbocycles. The average Bonchev–Trinajstić information content (AvgIpc) is 2.77. The molecule has 29 heavy (non-hydrogen) atoms.